The van der Waals surface area contributed by atoms with Crippen LogP contribution in [0, 0.1) is 28.6 Å². The lowest BCUT2D eigenvalue weighted by molar-refractivity contribution is -0.228. The molecule has 0 aliphatic heterocycles. The van der Waals surface area contributed by atoms with Crippen LogP contribution in [0.4, 0.5) is 18.0 Å². The number of carbonyl (C=O) groups excluding carboxylic acids is 7. The van der Waals surface area contributed by atoms with Gasteiger partial charge in [0.25, 0.3) is 0 Å². The van der Waals surface area contributed by atoms with Gasteiger partial charge in [-0.15, -0.1) is 0 Å². The van der Waals surface area contributed by atoms with Crippen molar-refractivity contribution in [3.05, 3.63) is 96.1 Å². The van der Waals surface area contributed by atoms with Crippen LogP contribution < -0.4 is 16.0 Å². The average molecular weight is 1010 g/mol. The lowest BCUT2D eigenvalue weighted by atomic mass is 9.44. The van der Waals surface area contributed by atoms with Crippen molar-refractivity contribution in [3.8, 4) is 11.1 Å². The second-order valence-electron chi connectivity index (χ2n) is 19.3. The zero-order valence-electron chi connectivity index (χ0n) is 39.8. The molecule has 0 bridgehead atoms. The third-order valence-corrected chi connectivity index (χ3v) is 16.0. The summed E-state index contributed by atoms with van der Waals surface area (Å²) in [4.78, 5) is 91.3. The van der Waals surface area contributed by atoms with Crippen LogP contribution in [-0.4, -0.2) is 115 Å². The van der Waals surface area contributed by atoms with Gasteiger partial charge in [0.1, 0.15) is 44.7 Å². The smallest absolute Gasteiger partial charge is 0.407 e. The molecule has 2 aromatic carbocycles. The van der Waals surface area contributed by atoms with Crippen LogP contribution in [0.25, 0.3) is 11.1 Å². The third-order valence-electron chi connectivity index (χ3n) is 15.3. The SMILES string of the molecule is C=CCOC(=O)CC[C@H](NC(=O)CNC(=O)OCC1c2ccccc2-c2ccccc21)C(=O)NCOCCCC(=O)O[C@]1(C(=O)SCF)[C@H](C)C[C@H]2[C@@H]3C[C@H](F)C4=CC(=O)C=C[C@]4(C)[C@@]3(F)[C@@H](O)C[C@@]21C. The molecule has 0 radical (unpaired) electrons. The number of carbonyl (C=O) groups is 7. The highest BCUT2D eigenvalue weighted by Crippen LogP contribution is 2.72. The molecule has 3 amide bonds. The van der Waals surface area contributed by atoms with Crippen LogP contribution in [0.5, 0.6) is 0 Å². The molecule has 3 saturated carbocycles. The van der Waals surface area contributed by atoms with E-state index in [2.05, 4.69) is 22.5 Å². The van der Waals surface area contributed by atoms with Gasteiger partial charge < -0.3 is 40.0 Å². The number of rotatable bonds is 20. The minimum Gasteiger partial charge on any atom is -0.461 e. The van der Waals surface area contributed by atoms with Crippen molar-refractivity contribution in [1.29, 1.82) is 0 Å². The molecule has 19 heteroatoms. The summed E-state index contributed by atoms with van der Waals surface area (Å²) in [5, 5.41) is 18.4. The molecule has 0 unspecified atom stereocenters. The Hall–Kier alpha value is -5.79. The number of ether oxygens (including phenoxy) is 4. The number of allylic oxidation sites excluding steroid dienone is 4. The summed E-state index contributed by atoms with van der Waals surface area (Å²) in [7, 11) is 0. The van der Waals surface area contributed by atoms with Crippen molar-refractivity contribution in [2.24, 2.45) is 28.6 Å². The summed E-state index contributed by atoms with van der Waals surface area (Å²) in [6.45, 7) is 7.06. The topological polar surface area (TPSA) is 213 Å². The molecule has 10 atom stereocenters. The van der Waals surface area contributed by atoms with E-state index in [1.54, 1.807) is 13.8 Å². The molecule has 0 spiro atoms. The Bertz CT molecular complexity index is 2440. The van der Waals surface area contributed by atoms with E-state index < -0.39 is 118 Å². The van der Waals surface area contributed by atoms with Gasteiger partial charge in [0.05, 0.1) is 6.10 Å². The molecule has 4 N–H and O–H groups in total. The maximum Gasteiger partial charge on any atom is 0.407 e. The number of nitrogens with one attached hydrogen (secondary N) is 3. The predicted octanol–water partition coefficient (Wildman–Crippen LogP) is 6.42. The molecule has 0 aromatic heterocycles. The van der Waals surface area contributed by atoms with Gasteiger partial charge in [0, 0.05) is 48.0 Å². The molecular formula is C52H60F3N3O12S. The number of aliphatic hydroxyl groups is 1. The van der Waals surface area contributed by atoms with Gasteiger partial charge in [-0.25, -0.2) is 18.0 Å². The number of thioether (sulfide) groups is 1. The Morgan fingerprint density at radius 1 is 0.958 bits per heavy atom. The van der Waals surface area contributed by atoms with Crippen LogP contribution >= 0.6 is 11.8 Å². The van der Waals surface area contributed by atoms with Gasteiger partial charge in [-0.1, -0.05) is 81.1 Å². The van der Waals surface area contributed by atoms with Gasteiger partial charge in [-0.2, -0.15) is 0 Å². The Balaban J connectivity index is 0.912. The van der Waals surface area contributed by atoms with E-state index in [1.165, 1.54) is 19.1 Å². The Morgan fingerprint density at radius 2 is 1.65 bits per heavy atom. The van der Waals surface area contributed by atoms with E-state index >= 15 is 8.78 Å². The highest BCUT2D eigenvalue weighted by atomic mass is 32.2. The monoisotopic (exact) mass is 1010 g/mol. The standard InChI is InChI=1S/C52H60F3N3O12S/c1-5-20-68-44(62)17-16-41(58-43(61)26-56-48(66)69-27-36-34-13-8-6-11-32(34)33-12-7-9-14-35(33)36)46(64)57-29-67-21-10-15-45(63)70-52(47(65)71-28-53)30(2)22-37-38-24-40(54)39-23-31(59)18-19-49(39,3)51(38,55)42(60)25-50(37,52)4/h5-9,11-14,18-19,23,30,36-38,40-42,60H,1,10,15-17,20-22,24-29H2,2-4H3,(H,56,66)(H,57,64)(H,58,61)/t30-,37+,38+,40+,41+,42+,49+,50+,51+,52+/m1/s1. The number of amides is 3. The second-order valence-corrected chi connectivity index (χ2v) is 20.1. The number of ketones is 1. The van der Waals surface area contributed by atoms with Gasteiger partial charge in [-0.05, 0) is 96.7 Å². The van der Waals surface area contributed by atoms with Crippen molar-refractivity contribution in [2.75, 3.05) is 39.1 Å². The van der Waals surface area contributed by atoms with E-state index in [1.807, 2.05) is 48.5 Å². The highest BCUT2D eigenvalue weighted by Gasteiger charge is 2.78. The van der Waals surface area contributed by atoms with Crippen molar-refractivity contribution in [2.45, 2.75) is 101 Å². The van der Waals surface area contributed by atoms with Crippen molar-refractivity contribution < 1.29 is 70.8 Å². The van der Waals surface area contributed by atoms with E-state index in [4.69, 9.17) is 18.9 Å². The molecule has 5 aliphatic rings. The zero-order valence-corrected chi connectivity index (χ0v) is 40.7. The molecule has 0 heterocycles. The number of hydrogen-bond donors (Lipinski definition) is 4. The largest absolute Gasteiger partial charge is 0.461 e. The Kier molecular flexibility index (Phi) is 16.4. The van der Waals surface area contributed by atoms with Crippen LogP contribution in [0.1, 0.15) is 82.8 Å². The number of esters is 2. The second kappa shape index (κ2) is 21.9. The molecule has 2 aromatic rings. The number of halogens is 3. The molecule has 15 nitrogen and oxygen atoms in total. The van der Waals surface area contributed by atoms with E-state index in [-0.39, 0.29) is 76.3 Å². The molecule has 7 rings (SSSR count). The quantitative estimate of drug-likeness (QED) is 0.0371. The molecule has 71 heavy (non-hydrogen) atoms. The lowest BCUT2D eigenvalue weighted by Gasteiger charge is -2.63. The summed E-state index contributed by atoms with van der Waals surface area (Å²) in [5.74, 6) is -6.45. The van der Waals surface area contributed by atoms with Crippen LogP contribution in [0.2, 0.25) is 0 Å². The third kappa shape index (κ3) is 10.1. The first-order valence-electron chi connectivity index (χ1n) is 23.8. The number of alkyl halides is 3. The van der Waals surface area contributed by atoms with Crippen molar-refractivity contribution >= 4 is 52.5 Å². The first-order chi connectivity index (χ1) is 33.9. The number of alkyl carbamates (subject to hydrolysis) is 1. The molecule has 0 saturated heterocycles. The number of fused-ring (bicyclic) bond motifs is 8. The fraction of sp³-hybridized carbons (Fsp3) is 0.519. The summed E-state index contributed by atoms with van der Waals surface area (Å²) < 4.78 is 69.8. The predicted molar refractivity (Wildman–Crippen MR) is 254 cm³/mol. The van der Waals surface area contributed by atoms with Gasteiger partial charge >= 0.3 is 18.0 Å². The number of hydrogen-bond acceptors (Lipinski definition) is 13. The van der Waals surface area contributed by atoms with Crippen LogP contribution in [0.3, 0.4) is 0 Å². The van der Waals surface area contributed by atoms with E-state index in [0.29, 0.717) is 11.8 Å². The van der Waals surface area contributed by atoms with E-state index in [0.717, 1.165) is 34.4 Å². The minimum atomic E-state index is -2.45. The fourth-order valence-corrected chi connectivity index (χ4v) is 12.8. The van der Waals surface area contributed by atoms with Gasteiger partial charge in [-0.3, -0.25) is 28.8 Å². The average Bonchev–Trinajstić information content (AvgIpc) is 3.78. The normalized spacial score (nSPS) is 29.4. The molecular weight excluding hydrogens is 948 g/mol. The molecule has 3 fully saturated rings. The summed E-state index contributed by atoms with van der Waals surface area (Å²) >= 11 is 0.299. The number of aliphatic hydroxyl groups excluding tert-OH is 1. The maximum absolute atomic E-state index is 17.8. The van der Waals surface area contributed by atoms with E-state index in [9.17, 15) is 43.1 Å². The molecule has 5 aliphatic carbocycles. The Labute approximate surface area is 414 Å². The first-order valence-corrected chi connectivity index (χ1v) is 24.8. The van der Waals surface area contributed by atoms with Crippen LogP contribution in [0.15, 0.2) is 85.0 Å². The molecule has 382 valence electrons. The number of benzene rings is 2. The Morgan fingerprint density at radius 3 is 2.32 bits per heavy atom. The summed E-state index contributed by atoms with van der Waals surface area (Å²) in [6, 6.07) is 13.2. The summed E-state index contributed by atoms with van der Waals surface area (Å²) in [5.41, 5.74) is -3.54. The first kappa shape index (κ1) is 53.0. The van der Waals surface area contributed by atoms with Crippen LogP contribution in [-0.2, 0) is 47.7 Å². The van der Waals surface area contributed by atoms with Crippen molar-refractivity contribution in [1.82, 2.24) is 16.0 Å². The summed E-state index contributed by atoms with van der Waals surface area (Å²) in [6.07, 6.45) is -0.863. The minimum absolute atomic E-state index is 0.0130. The van der Waals surface area contributed by atoms with Crippen molar-refractivity contribution in [3.63, 3.8) is 0 Å². The highest BCUT2D eigenvalue weighted by molar-refractivity contribution is 8.13. The van der Waals surface area contributed by atoms with Gasteiger partial charge in [0.15, 0.2) is 17.1 Å². The van der Waals surface area contributed by atoms with Gasteiger partial charge in [0.2, 0.25) is 16.9 Å². The lowest BCUT2D eigenvalue weighted by Crippen LogP contribution is -2.70. The zero-order chi connectivity index (χ0) is 51.3. The fourth-order valence-electron chi connectivity index (χ4n) is 12.0. The maximum atomic E-state index is 17.8.